The number of halogens is 1. The van der Waals surface area contributed by atoms with Crippen LogP contribution in [0.3, 0.4) is 0 Å². The zero-order chi connectivity index (χ0) is 15.8. The summed E-state index contributed by atoms with van der Waals surface area (Å²) in [6, 6.07) is 15.7. The maximum atomic E-state index is 11.7. The second-order valence-corrected chi connectivity index (χ2v) is 4.70. The lowest BCUT2D eigenvalue weighted by atomic mass is 10.2. The first-order valence-corrected chi connectivity index (χ1v) is 6.77. The summed E-state index contributed by atoms with van der Waals surface area (Å²) < 4.78 is 0. The van der Waals surface area contributed by atoms with Crippen LogP contribution in [0.2, 0.25) is 5.02 Å². The maximum absolute atomic E-state index is 11.7. The van der Waals surface area contributed by atoms with Gasteiger partial charge < -0.3 is 10.2 Å². The molecule has 2 aromatic rings. The molecule has 1 N–H and O–H groups in total. The summed E-state index contributed by atoms with van der Waals surface area (Å²) >= 11 is 5.76. The van der Waals surface area contributed by atoms with Crippen molar-refractivity contribution in [2.45, 2.75) is 0 Å². The van der Waals surface area contributed by atoms with Crippen LogP contribution in [0.25, 0.3) is 0 Å². The fourth-order valence-corrected chi connectivity index (χ4v) is 1.74. The van der Waals surface area contributed by atoms with E-state index in [1.54, 1.807) is 48.5 Å². The van der Waals surface area contributed by atoms with Crippen molar-refractivity contribution in [3.05, 3.63) is 64.7 Å². The first-order valence-electron chi connectivity index (χ1n) is 6.39. The Morgan fingerprint density at radius 1 is 1.27 bits per heavy atom. The highest BCUT2D eigenvalue weighted by Gasteiger charge is 2.06. The van der Waals surface area contributed by atoms with Crippen LogP contribution in [0.4, 0.5) is 5.69 Å². The molecule has 2 rings (SSSR count). The van der Waals surface area contributed by atoms with Crippen LogP contribution in [0.1, 0.15) is 11.1 Å². The monoisotopic (exact) mass is 313 g/mol. The van der Waals surface area contributed by atoms with E-state index in [9.17, 15) is 4.79 Å². The average molecular weight is 314 g/mol. The smallest absolute Gasteiger partial charge is 0.265 e. The third kappa shape index (κ3) is 4.62. The van der Waals surface area contributed by atoms with E-state index in [2.05, 4.69) is 10.5 Å². The van der Waals surface area contributed by atoms with Gasteiger partial charge in [0.2, 0.25) is 0 Å². The number of hydrogen-bond donors (Lipinski definition) is 1. The van der Waals surface area contributed by atoms with Crippen LogP contribution in [-0.4, -0.2) is 18.7 Å². The number of para-hydroxylation sites is 1. The van der Waals surface area contributed by atoms with Crippen molar-refractivity contribution in [1.82, 2.24) is 0 Å². The zero-order valence-electron chi connectivity index (χ0n) is 11.5. The first kappa shape index (κ1) is 15.5. The van der Waals surface area contributed by atoms with E-state index < -0.39 is 5.91 Å². The Morgan fingerprint density at radius 3 is 2.73 bits per heavy atom. The minimum absolute atomic E-state index is 0.246. The minimum Gasteiger partial charge on any atom is -0.386 e. The molecule has 0 bridgehead atoms. The molecule has 0 saturated heterocycles. The SMILES string of the molecule is N#Cc1ccccc1NC(=O)CO/N=C\c1ccc(Cl)cc1. The number of hydrogen-bond acceptors (Lipinski definition) is 4. The number of oxime groups is 1. The summed E-state index contributed by atoms with van der Waals surface area (Å²) in [6.07, 6.45) is 1.48. The second-order valence-electron chi connectivity index (χ2n) is 4.27. The molecular weight excluding hydrogens is 302 g/mol. The van der Waals surface area contributed by atoms with Gasteiger partial charge in [0.25, 0.3) is 5.91 Å². The van der Waals surface area contributed by atoms with Crippen molar-refractivity contribution in [2.75, 3.05) is 11.9 Å². The number of carbonyl (C=O) groups is 1. The van der Waals surface area contributed by atoms with Gasteiger partial charge in [-0.2, -0.15) is 5.26 Å². The standard InChI is InChI=1S/C16H12ClN3O2/c17-14-7-5-12(6-8-14)10-19-22-11-16(21)20-15-4-2-1-3-13(15)9-18/h1-8,10H,11H2,(H,20,21)/b19-10-. The Hall–Kier alpha value is -2.84. The Labute approximate surface area is 132 Å². The van der Waals surface area contributed by atoms with Gasteiger partial charge in [-0.25, -0.2) is 0 Å². The van der Waals surface area contributed by atoms with Gasteiger partial charge in [-0.3, -0.25) is 4.79 Å². The highest BCUT2D eigenvalue weighted by molar-refractivity contribution is 6.30. The molecule has 0 saturated carbocycles. The largest absolute Gasteiger partial charge is 0.386 e. The molecule has 2 aromatic carbocycles. The lowest BCUT2D eigenvalue weighted by Gasteiger charge is -2.05. The predicted molar refractivity (Wildman–Crippen MR) is 84.8 cm³/mol. The summed E-state index contributed by atoms with van der Waals surface area (Å²) in [7, 11) is 0. The number of nitriles is 1. The number of nitrogens with one attached hydrogen (secondary N) is 1. The number of benzene rings is 2. The lowest BCUT2D eigenvalue weighted by molar-refractivity contribution is -0.120. The van der Waals surface area contributed by atoms with E-state index in [1.165, 1.54) is 6.21 Å². The van der Waals surface area contributed by atoms with Crippen LogP contribution in [0.15, 0.2) is 53.7 Å². The number of anilines is 1. The van der Waals surface area contributed by atoms with Gasteiger partial charge in [0.05, 0.1) is 17.5 Å². The van der Waals surface area contributed by atoms with E-state index in [1.807, 2.05) is 6.07 Å². The van der Waals surface area contributed by atoms with E-state index >= 15 is 0 Å². The van der Waals surface area contributed by atoms with Gasteiger partial charge in [0, 0.05) is 5.02 Å². The van der Waals surface area contributed by atoms with Crippen molar-refractivity contribution >= 4 is 29.4 Å². The highest BCUT2D eigenvalue weighted by atomic mass is 35.5. The zero-order valence-corrected chi connectivity index (χ0v) is 12.2. The Bertz CT molecular complexity index is 721. The fraction of sp³-hybridized carbons (Fsp3) is 0.0625. The van der Waals surface area contributed by atoms with Gasteiger partial charge in [-0.05, 0) is 29.8 Å². The number of rotatable bonds is 5. The molecule has 0 aliphatic heterocycles. The molecule has 1 amide bonds. The molecule has 0 aliphatic carbocycles. The van der Waals surface area contributed by atoms with Crippen LogP contribution in [-0.2, 0) is 9.63 Å². The quantitative estimate of drug-likeness (QED) is 0.680. The molecule has 0 radical (unpaired) electrons. The second kappa shape index (κ2) is 7.81. The van der Waals surface area contributed by atoms with E-state index in [0.29, 0.717) is 16.3 Å². The summed E-state index contributed by atoms with van der Waals surface area (Å²) in [4.78, 5) is 16.6. The van der Waals surface area contributed by atoms with E-state index in [4.69, 9.17) is 21.7 Å². The maximum Gasteiger partial charge on any atom is 0.265 e. The molecule has 0 fully saturated rings. The van der Waals surface area contributed by atoms with E-state index in [-0.39, 0.29) is 6.61 Å². The predicted octanol–water partition coefficient (Wildman–Crippen LogP) is 3.20. The molecule has 0 aliphatic rings. The average Bonchev–Trinajstić information content (AvgIpc) is 2.54. The summed E-state index contributed by atoms with van der Waals surface area (Å²) in [5.41, 5.74) is 1.64. The highest BCUT2D eigenvalue weighted by Crippen LogP contribution is 2.13. The van der Waals surface area contributed by atoms with Crippen LogP contribution in [0, 0.1) is 11.3 Å². The van der Waals surface area contributed by atoms with Crippen molar-refractivity contribution in [3.8, 4) is 6.07 Å². The third-order valence-corrected chi connectivity index (χ3v) is 2.92. The lowest BCUT2D eigenvalue weighted by Crippen LogP contribution is -2.17. The molecule has 0 heterocycles. The normalized spacial score (nSPS) is 10.2. The Morgan fingerprint density at radius 2 is 2.00 bits per heavy atom. The van der Waals surface area contributed by atoms with Crippen LogP contribution < -0.4 is 5.32 Å². The van der Waals surface area contributed by atoms with E-state index in [0.717, 1.165) is 5.56 Å². The summed E-state index contributed by atoms with van der Waals surface area (Å²) in [6.45, 7) is -0.246. The van der Waals surface area contributed by atoms with Gasteiger partial charge in [-0.1, -0.05) is 41.0 Å². The Balaban J connectivity index is 1.83. The molecule has 6 heteroatoms. The number of nitrogens with zero attached hydrogens (tertiary/aromatic N) is 2. The molecule has 5 nitrogen and oxygen atoms in total. The minimum atomic E-state index is -0.393. The van der Waals surface area contributed by atoms with Crippen LogP contribution >= 0.6 is 11.6 Å². The van der Waals surface area contributed by atoms with Crippen molar-refractivity contribution < 1.29 is 9.63 Å². The number of carbonyl (C=O) groups excluding carboxylic acids is 1. The fourth-order valence-electron chi connectivity index (χ4n) is 1.62. The molecule has 0 unspecified atom stereocenters. The third-order valence-electron chi connectivity index (χ3n) is 2.66. The van der Waals surface area contributed by atoms with Gasteiger partial charge >= 0.3 is 0 Å². The first-order chi connectivity index (χ1) is 10.7. The van der Waals surface area contributed by atoms with Crippen molar-refractivity contribution in [2.24, 2.45) is 5.16 Å². The molecule has 22 heavy (non-hydrogen) atoms. The Kier molecular flexibility index (Phi) is 5.52. The molecular formula is C16H12ClN3O2. The van der Waals surface area contributed by atoms with Crippen molar-refractivity contribution in [3.63, 3.8) is 0 Å². The van der Waals surface area contributed by atoms with Gasteiger partial charge in [-0.15, -0.1) is 0 Å². The van der Waals surface area contributed by atoms with Gasteiger partial charge in [0.15, 0.2) is 6.61 Å². The summed E-state index contributed by atoms with van der Waals surface area (Å²) in [5, 5.41) is 15.8. The molecule has 0 spiro atoms. The molecule has 0 aromatic heterocycles. The molecule has 110 valence electrons. The topological polar surface area (TPSA) is 74.5 Å². The summed E-state index contributed by atoms with van der Waals surface area (Å²) in [5.74, 6) is -0.393. The van der Waals surface area contributed by atoms with Crippen LogP contribution in [0.5, 0.6) is 0 Å². The van der Waals surface area contributed by atoms with Crippen molar-refractivity contribution in [1.29, 1.82) is 5.26 Å². The molecule has 0 atom stereocenters. The number of amides is 1. The van der Waals surface area contributed by atoms with Gasteiger partial charge in [0.1, 0.15) is 6.07 Å².